The molecule has 1 nitrogen and oxygen atoms in total. The topological polar surface area (TPSA) is 23.8 Å². The molecule has 0 fully saturated rings. The van der Waals surface area contributed by atoms with Gasteiger partial charge < -0.3 is 0 Å². The first-order chi connectivity index (χ1) is 6.72. The van der Waals surface area contributed by atoms with Crippen molar-refractivity contribution in [3.63, 3.8) is 0 Å². The van der Waals surface area contributed by atoms with Gasteiger partial charge in [0.25, 0.3) is 0 Å². The molecule has 0 aliphatic carbocycles. The summed E-state index contributed by atoms with van der Waals surface area (Å²) < 4.78 is 0.311. The number of halogens is 2. The predicted molar refractivity (Wildman–Crippen MR) is 66.5 cm³/mol. The largest absolute Gasteiger partial charge is 0.192 e. The van der Waals surface area contributed by atoms with Crippen molar-refractivity contribution in [1.82, 2.24) is 0 Å². The van der Waals surface area contributed by atoms with E-state index in [0.717, 1.165) is 12.0 Å². The summed E-state index contributed by atoms with van der Waals surface area (Å²) in [4.78, 5) is 0. The average molecular weight is 315 g/mol. The smallest absolute Gasteiger partial charge is 0.0991 e. The number of allylic oxidation sites excluding steroid dienone is 1. The Balaban J connectivity index is 2.68. The van der Waals surface area contributed by atoms with Gasteiger partial charge in [-0.15, -0.1) is 0 Å². The van der Waals surface area contributed by atoms with E-state index in [-0.39, 0.29) is 0 Å². The fourth-order valence-electron chi connectivity index (χ4n) is 1.02. The van der Waals surface area contributed by atoms with E-state index < -0.39 is 0 Å². The summed E-state index contributed by atoms with van der Waals surface area (Å²) in [5.41, 5.74) is 1.76. The van der Waals surface area contributed by atoms with Crippen LogP contribution in [0.4, 0.5) is 0 Å². The number of rotatable bonds is 3. The van der Waals surface area contributed by atoms with Crippen LogP contribution in [-0.2, 0) is 0 Å². The number of hydrogen-bond donors (Lipinski definition) is 0. The molecule has 0 saturated heterocycles. The van der Waals surface area contributed by atoms with Crippen LogP contribution in [0.1, 0.15) is 17.5 Å². The minimum atomic E-state index is 0.311. The van der Waals surface area contributed by atoms with E-state index in [2.05, 4.69) is 44.0 Å². The SMILES string of the molecule is N#Cc1cccc(/C=C\CC(Br)Br)c1. The van der Waals surface area contributed by atoms with Crippen LogP contribution in [0, 0.1) is 11.3 Å². The number of nitriles is 1. The quantitative estimate of drug-likeness (QED) is 0.771. The van der Waals surface area contributed by atoms with E-state index in [0.29, 0.717) is 9.30 Å². The van der Waals surface area contributed by atoms with Crippen molar-refractivity contribution in [1.29, 1.82) is 5.26 Å². The van der Waals surface area contributed by atoms with Crippen LogP contribution >= 0.6 is 31.9 Å². The maximum atomic E-state index is 8.69. The molecule has 72 valence electrons. The number of nitrogens with zero attached hydrogens (tertiary/aromatic N) is 1. The average Bonchev–Trinajstić information content (AvgIpc) is 2.18. The van der Waals surface area contributed by atoms with E-state index in [1.165, 1.54) is 0 Å². The molecule has 0 aromatic heterocycles. The standard InChI is InChI=1S/C11H9Br2N/c12-11(13)6-2-4-9-3-1-5-10(7-9)8-14/h1-5,7,11H,6H2/b4-2-. The Hall–Kier alpha value is -0.590. The van der Waals surface area contributed by atoms with Crippen molar-refractivity contribution in [2.24, 2.45) is 0 Å². The van der Waals surface area contributed by atoms with Crippen molar-refractivity contribution in [3.8, 4) is 6.07 Å². The van der Waals surface area contributed by atoms with Crippen LogP contribution in [0.15, 0.2) is 30.3 Å². The fourth-order valence-corrected chi connectivity index (χ4v) is 1.45. The molecule has 0 aliphatic rings. The zero-order chi connectivity index (χ0) is 10.4. The van der Waals surface area contributed by atoms with Crippen LogP contribution < -0.4 is 0 Å². The lowest BCUT2D eigenvalue weighted by Crippen LogP contribution is -1.80. The second-order valence-electron chi connectivity index (χ2n) is 2.77. The maximum Gasteiger partial charge on any atom is 0.0991 e. The van der Waals surface area contributed by atoms with Crippen LogP contribution in [0.5, 0.6) is 0 Å². The van der Waals surface area contributed by atoms with E-state index in [1.54, 1.807) is 6.07 Å². The first-order valence-electron chi connectivity index (χ1n) is 4.17. The third-order valence-electron chi connectivity index (χ3n) is 1.64. The summed E-state index contributed by atoms with van der Waals surface area (Å²) in [6.45, 7) is 0. The van der Waals surface area contributed by atoms with Crippen molar-refractivity contribution in [2.75, 3.05) is 0 Å². The highest BCUT2D eigenvalue weighted by Gasteiger charge is 1.93. The first kappa shape index (κ1) is 11.5. The van der Waals surface area contributed by atoms with Gasteiger partial charge in [-0.3, -0.25) is 0 Å². The van der Waals surface area contributed by atoms with Gasteiger partial charge in [0.2, 0.25) is 0 Å². The molecule has 0 amide bonds. The Morgan fingerprint density at radius 3 is 2.86 bits per heavy atom. The highest BCUT2D eigenvalue weighted by molar-refractivity contribution is 9.24. The molecule has 1 aromatic rings. The minimum Gasteiger partial charge on any atom is -0.192 e. The van der Waals surface area contributed by atoms with Gasteiger partial charge in [0.05, 0.1) is 15.4 Å². The van der Waals surface area contributed by atoms with Crippen molar-refractivity contribution < 1.29 is 0 Å². The minimum absolute atomic E-state index is 0.311. The van der Waals surface area contributed by atoms with Gasteiger partial charge in [0.15, 0.2) is 0 Å². The van der Waals surface area contributed by atoms with E-state index in [1.807, 2.05) is 24.3 Å². The monoisotopic (exact) mass is 313 g/mol. The Labute approximate surface area is 101 Å². The molecule has 3 heteroatoms. The predicted octanol–water partition coefficient (Wildman–Crippen LogP) is 4.08. The molecule has 0 bridgehead atoms. The Morgan fingerprint density at radius 1 is 1.43 bits per heavy atom. The van der Waals surface area contributed by atoms with Gasteiger partial charge in [0, 0.05) is 0 Å². The zero-order valence-electron chi connectivity index (χ0n) is 7.45. The highest BCUT2D eigenvalue weighted by atomic mass is 79.9. The van der Waals surface area contributed by atoms with Crippen molar-refractivity contribution >= 4 is 37.9 Å². The molecular weight excluding hydrogens is 306 g/mol. The third-order valence-corrected chi connectivity index (χ3v) is 2.39. The summed E-state index contributed by atoms with van der Waals surface area (Å²) in [7, 11) is 0. The Kier molecular flexibility index (Phi) is 4.92. The van der Waals surface area contributed by atoms with Crippen LogP contribution in [-0.4, -0.2) is 3.74 Å². The Bertz CT molecular complexity index is 364. The second kappa shape index (κ2) is 6.00. The summed E-state index contributed by atoms with van der Waals surface area (Å²) in [5.74, 6) is 0. The summed E-state index contributed by atoms with van der Waals surface area (Å²) in [5, 5.41) is 8.69. The van der Waals surface area contributed by atoms with Crippen molar-refractivity contribution in [3.05, 3.63) is 41.5 Å². The number of hydrogen-bond acceptors (Lipinski definition) is 1. The lowest BCUT2D eigenvalue weighted by molar-refractivity contribution is 1.22. The highest BCUT2D eigenvalue weighted by Crippen LogP contribution is 2.14. The van der Waals surface area contributed by atoms with E-state index in [4.69, 9.17) is 5.26 Å². The van der Waals surface area contributed by atoms with Crippen LogP contribution in [0.2, 0.25) is 0 Å². The van der Waals surface area contributed by atoms with Crippen molar-refractivity contribution in [2.45, 2.75) is 10.2 Å². The van der Waals surface area contributed by atoms with Crippen LogP contribution in [0.3, 0.4) is 0 Å². The van der Waals surface area contributed by atoms with Gasteiger partial charge in [-0.2, -0.15) is 5.26 Å². The fraction of sp³-hybridized carbons (Fsp3) is 0.182. The van der Waals surface area contributed by atoms with E-state index >= 15 is 0 Å². The summed E-state index contributed by atoms with van der Waals surface area (Å²) in [6, 6.07) is 9.65. The van der Waals surface area contributed by atoms with Gasteiger partial charge in [-0.25, -0.2) is 0 Å². The molecule has 1 aromatic carbocycles. The number of alkyl halides is 2. The molecule has 0 spiro atoms. The molecule has 14 heavy (non-hydrogen) atoms. The Morgan fingerprint density at radius 2 is 2.21 bits per heavy atom. The summed E-state index contributed by atoms with van der Waals surface area (Å²) in [6.07, 6.45) is 4.98. The number of benzene rings is 1. The molecule has 0 radical (unpaired) electrons. The molecular formula is C11H9Br2N. The second-order valence-corrected chi connectivity index (χ2v) is 6.21. The summed E-state index contributed by atoms with van der Waals surface area (Å²) >= 11 is 6.78. The zero-order valence-corrected chi connectivity index (χ0v) is 10.6. The van der Waals surface area contributed by atoms with Crippen LogP contribution in [0.25, 0.3) is 6.08 Å². The first-order valence-corrected chi connectivity index (χ1v) is 6.00. The molecule has 0 aliphatic heterocycles. The van der Waals surface area contributed by atoms with Gasteiger partial charge in [0.1, 0.15) is 0 Å². The van der Waals surface area contributed by atoms with Gasteiger partial charge in [-0.05, 0) is 24.1 Å². The van der Waals surface area contributed by atoms with Gasteiger partial charge >= 0.3 is 0 Å². The third kappa shape index (κ3) is 4.08. The van der Waals surface area contributed by atoms with E-state index in [9.17, 15) is 0 Å². The lowest BCUT2D eigenvalue weighted by atomic mass is 10.1. The molecule has 0 N–H and O–H groups in total. The molecule has 0 heterocycles. The molecule has 1 rings (SSSR count). The molecule has 0 atom stereocenters. The maximum absolute atomic E-state index is 8.69. The van der Waals surface area contributed by atoms with Gasteiger partial charge in [-0.1, -0.05) is 56.1 Å². The molecule has 0 unspecified atom stereocenters. The normalized spacial score (nSPS) is 10.7. The lowest BCUT2D eigenvalue weighted by Gasteiger charge is -1.95. The molecule has 0 saturated carbocycles.